The standard InChI is InChI=1S/C36H55N3O16/c1-4-12-50-14-15-51-20-25(41)18-24(27(42)16-21(2)33(46)39-11-13-53-37)7-5-6-10-38-34(47)26-17-23(19-52-22(3)40)8-9-28(26)54-36-31(45)29(43)30(44)32(55-36)35(48)49/h8-9,17,21,24,29-32,36,43-45H,4-7,10-16,18-20,37H2,1-3H3,(H,38,47)(H,39,46)(H,48,49)/t21-,24-,29+,30+,31-,32+,36-/m1/s1. The van der Waals surface area contributed by atoms with E-state index < -0.39 is 60.4 Å². The number of aliphatic carboxylic acids is 1. The summed E-state index contributed by atoms with van der Waals surface area (Å²) in [5.41, 5.74) is 0.271. The molecule has 1 fully saturated rings. The average molecular weight is 786 g/mol. The number of carbonyl (C=O) groups is 6. The molecule has 310 valence electrons. The minimum absolute atomic E-state index is 0.0953. The fourth-order valence-electron chi connectivity index (χ4n) is 5.45. The molecule has 0 bridgehead atoms. The number of aliphatic hydroxyl groups is 3. The Morgan fingerprint density at radius 1 is 0.909 bits per heavy atom. The Kier molecular flexibility index (Phi) is 21.5. The molecule has 1 aromatic rings. The molecule has 1 heterocycles. The van der Waals surface area contributed by atoms with E-state index in [1.54, 1.807) is 6.92 Å². The molecule has 1 saturated heterocycles. The number of rotatable bonds is 27. The number of hydrogen-bond acceptors (Lipinski definition) is 16. The van der Waals surface area contributed by atoms with Crippen molar-refractivity contribution in [2.24, 2.45) is 17.7 Å². The second kappa shape index (κ2) is 25.2. The van der Waals surface area contributed by atoms with Gasteiger partial charge in [-0.15, -0.1) is 0 Å². The van der Waals surface area contributed by atoms with Crippen molar-refractivity contribution < 1.29 is 77.7 Å². The second-order valence-corrected chi connectivity index (χ2v) is 13.1. The zero-order valence-electron chi connectivity index (χ0n) is 31.4. The van der Waals surface area contributed by atoms with Gasteiger partial charge in [-0.25, -0.2) is 10.7 Å². The first kappa shape index (κ1) is 47.1. The minimum Gasteiger partial charge on any atom is -0.479 e. The van der Waals surface area contributed by atoms with Gasteiger partial charge in [0.1, 0.15) is 43.1 Å². The summed E-state index contributed by atoms with van der Waals surface area (Å²) in [7, 11) is 0. The van der Waals surface area contributed by atoms with Crippen molar-refractivity contribution in [3.05, 3.63) is 29.3 Å². The van der Waals surface area contributed by atoms with Crippen LogP contribution in [-0.4, -0.2) is 133 Å². The van der Waals surface area contributed by atoms with Crippen LogP contribution in [0.4, 0.5) is 0 Å². The molecule has 19 heteroatoms. The first-order chi connectivity index (χ1) is 26.2. The quantitative estimate of drug-likeness (QED) is 0.0337. The van der Waals surface area contributed by atoms with Crippen LogP contribution in [0.5, 0.6) is 5.75 Å². The molecule has 0 spiro atoms. The lowest BCUT2D eigenvalue weighted by atomic mass is 9.87. The van der Waals surface area contributed by atoms with Crippen LogP contribution in [-0.2, 0) is 54.4 Å². The lowest BCUT2D eigenvalue weighted by molar-refractivity contribution is -0.271. The van der Waals surface area contributed by atoms with Crippen LogP contribution < -0.4 is 21.3 Å². The molecule has 0 unspecified atom stereocenters. The number of ether oxygens (including phenoxy) is 5. The van der Waals surface area contributed by atoms with Crippen LogP contribution in [0, 0.1) is 11.8 Å². The van der Waals surface area contributed by atoms with E-state index in [1.165, 1.54) is 25.1 Å². The maximum Gasteiger partial charge on any atom is 0.335 e. The minimum atomic E-state index is -1.96. The molecule has 2 rings (SSSR count). The van der Waals surface area contributed by atoms with Crippen LogP contribution in [0.2, 0.25) is 0 Å². The van der Waals surface area contributed by atoms with Crippen LogP contribution >= 0.6 is 0 Å². The predicted octanol–water partition coefficient (Wildman–Crippen LogP) is -0.459. The number of carboxylic acids is 1. The van der Waals surface area contributed by atoms with E-state index in [2.05, 4.69) is 15.5 Å². The van der Waals surface area contributed by atoms with E-state index in [0.717, 1.165) is 6.42 Å². The largest absolute Gasteiger partial charge is 0.479 e. The predicted molar refractivity (Wildman–Crippen MR) is 190 cm³/mol. The molecule has 7 atom stereocenters. The van der Waals surface area contributed by atoms with E-state index >= 15 is 0 Å². The van der Waals surface area contributed by atoms with E-state index in [4.69, 9.17) is 29.6 Å². The van der Waals surface area contributed by atoms with Gasteiger partial charge in [0.2, 0.25) is 12.2 Å². The topological polar surface area (TPSA) is 289 Å². The van der Waals surface area contributed by atoms with Gasteiger partial charge in [-0.2, -0.15) is 0 Å². The molecule has 0 saturated carbocycles. The number of nitrogens with two attached hydrogens (primary N) is 1. The molecular formula is C36H55N3O16. The number of carboxylic acid groups (broad SMARTS) is 1. The summed E-state index contributed by atoms with van der Waals surface area (Å²) in [6.07, 6.45) is -7.85. The lowest BCUT2D eigenvalue weighted by Gasteiger charge is -2.38. The van der Waals surface area contributed by atoms with Crippen molar-refractivity contribution in [2.75, 3.05) is 46.1 Å². The highest BCUT2D eigenvalue weighted by atomic mass is 16.7. The number of hydrogen-bond donors (Lipinski definition) is 7. The number of ketones is 2. The van der Waals surface area contributed by atoms with Gasteiger partial charge in [-0.3, -0.25) is 24.0 Å². The first-order valence-electron chi connectivity index (χ1n) is 18.1. The zero-order valence-corrected chi connectivity index (χ0v) is 31.4. The average Bonchev–Trinajstić information content (AvgIpc) is 3.14. The fraction of sp³-hybridized carbons (Fsp3) is 0.667. The molecule has 1 aromatic carbocycles. The summed E-state index contributed by atoms with van der Waals surface area (Å²) < 4.78 is 26.6. The van der Waals surface area contributed by atoms with Gasteiger partial charge < -0.3 is 59.6 Å². The summed E-state index contributed by atoms with van der Waals surface area (Å²) in [4.78, 5) is 79.3. The molecule has 0 aliphatic carbocycles. The van der Waals surface area contributed by atoms with Gasteiger partial charge in [-0.05, 0) is 37.0 Å². The monoisotopic (exact) mass is 785 g/mol. The number of unbranched alkanes of at least 4 members (excludes halogenated alkanes) is 1. The molecule has 0 aromatic heterocycles. The van der Waals surface area contributed by atoms with Crippen LogP contribution in [0.25, 0.3) is 0 Å². The third-order valence-corrected chi connectivity index (χ3v) is 8.44. The summed E-state index contributed by atoms with van der Waals surface area (Å²) in [5, 5.41) is 45.4. The highest BCUT2D eigenvalue weighted by Gasteiger charge is 2.48. The Labute approximate surface area is 319 Å². The van der Waals surface area contributed by atoms with Crippen LogP contribution in [0.15, 0.2) is 18.2 Å². The number of benzene rings is 1. The zero-order chi connectivity index (χ0) is 40.9. The maximum absolute atomic E-state index is 13.4. The third kappa shape index (κ3) is 16.7. The number of Topliss-reactive ketones (excluding diaryl/α,β-unsaturated/α-hetero) is 2. The van der Waals surface area contributed by atoms with Crippen molar-refractivity contribution in [1.29, 1.82) is 0 Å². The van der Waals surface area contributed by atoms with Crippen molar-refractivity contribution in [1.82, 2.24) is 10.6 Å². The highest BCUT2D eigenvalue weighted by molar-refractivity contribution is 5.97. The van der Waals surface area contributed by atoms with Crippen molar-refractivity contribution in [3.63, 3.8) is 0 Å². The van der Waals surface area contributed by atoms with Gasteiger partial charge in [0.05, 0.1) is 25.4 Å². The Morgan fingerprint density at radius 2 is 1.64 bits per heavy atom. The van der Waals surface area contributed by atoms with Gasteiger partial charge in [-0.1, -0.05) is 26.3 Å². The number of aliphatic hydroxyl groups excluding tert-OH is 3. The Morgan fingerprint density at radius 3 is 2.31 bits per heavy atom. The molecule has 0 radical (unpaired) electrons. The van der Waals surface area contributed by atoms with Gasteiger partial charge in [0.25, 0.3) is 5.91 Å². The van der Waals surface area contributed by atoms with Gasteiger partial charge in [0.15, 0.2) is 11.9 Å². The lowest BCUT2D eigenvalue weighted by Crippen LogP contribution is -2.61. The molecular weight excluding hydrogens is 730 g/mol. The summed E-state index contributed by atoms with van der Waals surface area (Å²) in [6, 6.07) is 4.11. The number of amides is 2. The first-order valence-corrected chi connectivity index (χ1v) is 18.1. The normalized spacial score (nSPS) is 20.5. The van der Waals surface area contributed by atoms with Crippen molar-refractivity contribution in [3.8, 4) is 5.75 Å². The van der Waals surface area contributed by atoms with Crippen LogP contribution in [0.3, 0.4) is 0 Å². The van der Waals surface area contributed by atoms with E-state index in [9.17, 15) is 49.2 Å². The van der Waals surface area contributed by atoms with Crippen LogP contribution in [0.1, 0.15) is 75.2 Å². The Balaban J connectivity index is 2.10. The molecule has 19 nitrogen and oxygen atoms in total. The number of esters is 1. The number of carbonyl (C=O) groups excluding carboxylic acids is 5. The maximum atomic E-state index is 13.4. The second-order valence-electron chi connectivity index (χ2n) is 13.1. The van der Waals surface area contributed by atoms with Gasteiger partial charge >= 0.3 is 11.9 Å². The SMILES string of the molecule is CCCOCCOCC(=O)C[C@@H](CCCCNC(=O)c1cc(COC(C)=O)ccc1O[C@@H]1O[C@H](C(=O)O)[C@@H](O)[C@H](O)[C@H]1O)C(=O)C[C@@H](C)C(=O)NCCON. The summed E-state index contributed by atoms with van der Waals surface area (Å²) >= 11 is 0. The van der Waals surface area contributed by atoms with E-state index in [-0.39, 0.29) is 87.6 Å². The van der Waals surface area contributed by atoms with Gasteiger partial charge in [0, 0.05) is 51.3 Å². The third-order valence-electron chi connectivity index (χ3n) is 8.44. The fourth-order valence-corrected chi connectivity index (χ4v) is 5.45. The molecule has 1 aliphatic rings. The van der Waals surface area contributed by atoms with E-state index in [0.29, 0.717) is 31.6 Å². The molecule has 55 heavy (non-hydrogen) atoms. The summed E-state index contributed by atoms with van der Waals surface area (Å²) in [5.74, 6) is -0.386. The van der Waals surface area contributed by atoms with Crippen molar-refractivity contribution in [2.45, 2.75) is 96.6 Å². The molecule has 8 N–H and O–H groups in total. The Hall–Kier alpha value is -4.08. The highest BCUT2D eigenvalue weighted by Crippen LogP contribution is 2.28. The van der Waals surface area contributed by atoms with E-state index in [1.807, 2.05) is 6.92 Å². The van der Waals surface area contributed by atoms with Crippen molar-refractivity contribution >= 4 is 35.3 Å². The molecule has 1 aliphatic heterocycles. The Bertz CT molecular complexity index is 1410. The summed E-state index contributed by atoms with van der Waals surface area (Å²) in [6.45, 7) is 5.85. The smallest absolute Gasteiger partial charge is 0.335 e. The number of nitrogens with one attached hydrogen (secondary N) is 2. The molecule has 2 amide bonds.